The first-order valence-electron chi connectivity index (χ1n) is 5.28. The van der Waals surface area contributed by atoms with Crippen LogP contribution in [0.1, 0.15) is 22.7 Å². The van der Waals surface area contributed by atoms with Gasteiger partial charge in [-0.3, -0.25) is 4.98 Å². The molecule has 4 heteroatoms. The van der Waals surface area contributed by atoms with Crippen LogP contribution in [0.15, 0.2) is 28.9 Å². The number of rotatable bonds is 4. The third-order valence-corrected chi connectivity index (χ3v) is 2.28. The fraction of sp³-hybridized carbons (Fsp3) is 0.333. The number of hydrogen-bond donors (Lipinski definition) is 1. The third kappa shape index (κ3) is 2.90. The highest BCUT2D eigenvalue weighted by Crippen LogP contribution is 2.02. The highest BCUT2D eigenvalue weighted by molar-refractivity contribution is 5.13. The van der Waals surface area contributed by atoms with Crippen LogP contribution in [0.5, 0.6) is 0 Å². The van der Waals surface area contributed by atoms with Crippen molar-refractivity contribution in [2.24, 2.45) is 0 Å². The molecular formula is C12H15N3O. The van der Waals surface area contributed by atoms with Crippen molar-refractivity contribution in [3.63, 3.8) is 0 Å². The van der Waals surface area contributed by atoms with Crippen LogP contribution in [-0.2, 0) is 13.1 Å². The van der Waals surface area contributed by atoms with Crippen LogP contribution in [0.4, 0.5) is 0 Å². The minimum Gasteiger partial charge on any atom is -0.361 e. The number of nitrogens with one attached hydrogen (secondary N) is 1. The predicted molar refractivity (Wildman–Crippen MR) is 60.8 cm³/mol. The van der Waals surface area contributed by atoms with E-state index in [-0.39, 0.29) is 0 Å². The summed E-state index contributed by atoms with van der Waals surface area (Å²) >= 11 is 0. The molecule has 0 aliphatic heterocycles. The quantitative estimate of drug-likeness (QED) is 0.850. The zero-order chi connectivity index (χ0) is 11.4. The molecule has 2 aromatic heterocycles. The predicted octanol–water partition coefficient (Wildman–Crippen LogP) is 1.98. The summed E-state index contributed by atoms with van der Waals surface area (Å²) in [7, 11) is 0. The molecule has 2 rings (SSSR count). The maximum atomic E-state index is 4.98. The summed E-state index contributed by atoms with van der Waals surface area (Å²) < 4.78 is 4.98. The van der Waals surface area contributed by atoms with Crippen molar-refractivity contribution in [2.75, 3.05) is 0 Å². The number of pyridine rings is 1. The molecule has 1 N–H and O–H groups in total. The smallest absolute Gasteiger partial charge is 0.133 e. The average molecular weight is 217 g/mol. The van der Waals surface area contributed by atoms with E-state index < -0.39 is 0 Å². The Bertz CT molecular complexity index is 448. The van der Waals surface area contributed by atoms with Crippen LogP contribution in [0.25, 0.3) is 0 Å². The molecule has 2 heterocycles. The van der Waals surface area contributed by atoms with Crippen LogP contribution in [0, 0.1) is 13.8 Å². The molecule has 0 atom stereocenters. The lowest BCUT2D eigenvalue weighted by molar-refractivity contribution is 0.388. The Morgan fingerprint density at radius 3 is 2.75 bits per heavy atom. The SMILES string of the molecule is Cc1ccc(CNCc2cc(C)on2)cn1. The number of nitrogens with zero attached hydrogens (tertiary/aromatic N) is 2. The van der Waals surface area contributed by atoms with Gasteiger partial charge in [-0.05, 0) is 25.5 Å². The summed E-state index contributed by atoms with van der Waals surface area (Å²) in [6.07, 6.45) is 1.89. The maximum absolute atomic E-state index is 4.98. The van der Waals surface area contributed by atoms with Crippen LogP contribution < -0.4 is 5.32 Å². The molecule has 2 aromatic rings. The Morgan fingerprint density at radius 1 is 1.25 bits per heavy atom. The minimum absolute atomic E-state index is 0.714. The highest BCUT2D eigenvalue weighted by atomic mass is 16.5. The second-order valence-corrected chi connectivity index (χ2v) is 3.84. The Balaban J connectivity index is 1.82. The van der Waals surface area contributed by atoms with Crippen molar-refractivity contribution in [1.82, 2.24) is 15.5 Å². The molecule has 0 amide bonds. The zero-order valence-corrected chi connectivity index (χ0v) is 9.53. The van der Waals surface area contributed by atoms with Gasteiger partial charge in [0.05, 0.1) is 5.69 Å². The topological polar surface area (TPSA) is 51.0 Å². The standard InChI is InChI=1S/C12H15N3O/c1-9-3-4-11(7-14-9)6-13-8-12-5-10(2)16-15-12/h3-5,7,13H,6,8H2,1-2H3. The van der Waals surface area contributed by atoms with Crippen molar-refractivity contribution in [2.45, 2.75) is 26.9 Å². The first kappa shape index (κ1) is 10.8. The van der Waals surface area contributed by atoms with Crippen molar-refractivity contribution in [1.29, 1.82) is 0 Å². The fourth-order valence-corrected chi connectivity index (χ4v) is 1.44. The van der Waals surface area contributed by atoms with E-state index >= 15 is 0 Å². The van der Waals surface area contributed by atoms with Gasteiger partial charge in [-0.15, -0.1) is 0 Å². The number of aromatic nitrogens is 2. The first-order valence-corrected chi connectivity index (χ1v) is 5.28. The molecular weight excluding hydrogens is 202 g/mol. The lowest BCUT2D eigenvalue weighted by Crippen LogP contribution is -2.13. The lowest BCUT2D eigenvalue weighted by atomic mass is 10.2. The molecule has 0 saturated heterocycles. The van der Waals surface area contributed by atoms with Crippen LogP contribution in [0.3, 0.4) is 0 Å². The molecule has 0 aliphatic rings. The molecule has 0 aromatic carbocycles. The lowest BCUT2D eigenvalue weighted by Gasteiger charge is -2.02. The van der Waals surface area contributed by atoms with Crippen LogP contribution in [-0.4, -0.2) is 10.1 Å². The second kappa shape index (κ2) is 4.90. The summed E-state index contributed by atoms with van der Waals surface area (Å²) in [4.78, 5) is 4.23. The summed E-state index contributed by atoms with van der Waals surface area (Å²) in [6, 6.07) is 6.01. The second-order valence-electron chi connectivity index (χ2n) is 3.84. The van der Waals surface area contributed by atoms with Crippen molar-refractivity contribution in [3.05, 3.63) is 47.1 Å². The minimum atomic E-state index is 0.714. The van der Waals surface area contributed by atoms with Gasteiger partial charge < -0.3 is 9.84 Å². The van der Waals surface area contributed by atoms with E-state index in [1.807, 2.05) is 32.2 Å². The summed E-state index contributed by atoms with van der Waals surface area (Å²) in [5.41, 5.74) is 3.14. The van der Waals surface area contributed by atoms with E-state index in [0.29, 0.717) is 6.54 Å². The van der Waals surface area contributed by atoms with E-state index in [0.717, 1.165) is 23.7 Å². The van der Waals surface area contributed by atoms with E-state index in [1.54, 1.807) is 0 Å². The Kier molecular flexibility index (Phi) is 3.31. The molecule has 84 valence electrons. The van der Waals surface area contributed by atoms with Crippen LogP contribution >= 0.6 is 0 Å². The van der Waals surface area contributed by atoms with Gasteiger partial charge in [-0.1, -0.05) is 11.2 Å². The first-order chi connectivity index (χ1) is 7.74. The molecule has 0 radical (unpaired) electrons. The Labute approximate surface area is 94.7 Å². The van der Waals surface area contributed by atoms with E-state index in [9.17, 15) is 0 Å². The molecule has 0 aliphatic carbocycles. The van der Waals surface area contributed by atoms with Gasteiger partial charge in [0.15, 0.2) is 0 Å². The maximum Gasteiger partial charge on any atom is 0.133 e. The third-order valence-electron chi connectivity index (χ3n) is 2.28. The van der Waals surface area contributed by atoms with Gasteiger partial charge in [0, 0.05) is 31.0 Å². The van der Waals surface area contributed by atoms with E-state index in [1.165, 1.54) is 5.56 Å². The summed E-state index contributed by atoms with van der Waals surface area (Å²) in [6.45, 7) is 5.38. The monoisotopic (exact) mass is 217 g/mol. The van der Waals surface area contributed by atoms with Crippen molar-refractivity contribution in [3.8, 4) is 0 Å². The fourth-order valence-electron chi connectivity index (χ4n) is 1.44. The molecule has 0 saturated carbocycles. The molecule has 4 nitrogen and oxygen atoms in total. The molecule has 0 unspecified atom stereocenters. The molecule has 16 heavy (non-hydrogen) atoms. The van der Waals surface area contributed by atoms with Gasteiger partial charge in [0.1, 0.15) is 5.76 Å². The summed E-state index contributed by atoms with van der Waals surface area (Å²) in [5.74, 6) is 0.841. The van der Waals surface area contributed by atoms with Gasteiger partial charge in [0.25, 0.3) is 0 Å². The van der Waals surface area contributed by atoms with Gasteiger partial charge in [-0.25, -0.2) is 0 Å². The van der Waals surface area contributed by atoms with Crippen molar-refractivity contribution >= 4 is 0 Å². The number of hydrogen-bond acceptors (Lipinski definition) is 4. The summed E-state index contributed by atoms with van der Waals surface area (Å²) in [5, 5.41) is 7.20. The van der Waals surface area contributed by atoms with E-state index in [4.69, 9.17) is 4.52 Å². The highest BCUT2D eigenvalue weighted by Gasteiger charge is 1.99. The Hall–Kier alpha value is -1.68. The Morgan fingerprint density at radius 2 is 2.12 bits per heavy atom. The molecule has 0 spiro atoms. The van der Waals surface area contributed by atoms with Crippen LogP contribution in [0.2, 0.25) is 0 Å². The zero-order valence-electron chi connectivity index (χ0n) is 9.53. The van der Waals surface area contributed by atoms with Gasteiger partial charge >= 0.3 is 0 Å². The molecule has 0 bridgehead atoms. The normalized spacial score (nSPS) is 10.6. The van der Waals surface area contributed by atoms with E-state index in [2.05, 4.69) is 21.5 Å². The average Bonchev–Trinajstić information content (AvgIpc) is 2.67. The molecule has 0 fully saturated rings. The number of aryl methyl sites for hydroxylation is 2. The van der Waals surface area contributed by atoms with Crippen molar-refractivity contribution < 1.29 is 4.52 Å². The van der Waals surface area contributed by atoms with Gasteiger partial charge in [0.2, 0.25) is 0 Å². The van der Waals surface area contributed by atoms with Gasteiger partial charge in [-0.2, -0.15) is 0 Å². The largest absolute Gasteiger partial charge is 0.361 e.